The van der Waals surface area contributed by atoms with E-state index >= 15 is 0 Å². The average Bonchev–Trinajstić information content (AvgIpc) is 2.71. The van der Waals surface area contributed by atoms with E-state index in [1.807, 2.05) is 6.92 Å². The minimum atomic E-state index is -0.804. The summed E-state index contributed by atoms with van der Waals surface area (Å²) in [5, 5.41) is 0. The van der Waals surface area contributed by atoms with Gasteiger partial charge in [0.25, 0.3) is 0 Å². The standard InChI is InChI=1S/C21H24O7/c1-12-16(19(25-4)21(27-6)20(26-5)17(12)24-3)18(28-13(2)23)15-9-7-14(11-22)8-10-15/h7-11,18H,1-6H3. The van der Waals surface area contributed by atoms with E-state index in [9.17, 15) is 9.59 Å². The molecule has 0 spiro atoms. The number of aldehydes is 1. The summed E-state index contributed by atoms with van der Waals surface area (Å²) in [6.07, 6.45) is -0.0579. The van der Waals surface area contributed by atoms with Gasteiger partial charge < -0.3 is 23.7 Å². The molecule has 0 amide bonds. The van der Waals surface area contributed by atoms with Crippen LogP contribution in [0.5, 0.6) is 23.0 Å². The molecule has 0 saturated carbocycles. The van der Waals surface area contributed by atoms with Gasteiger partial charge in [-0.05, 0) is 12.5 Å². The van der Waals surface area contributed by atoms with Crippen molar-refractivity contribution in [3.05, 3.63) is 46.5 Å². The van der Waals surface area contributed by atoms with Crippen LogP contribution in [-0.2, 0) is 9.53 Å². The van der Waals surface area contributed by atoms with Crippen LogP contribution < -0.4 is 18.9 Å². The lowest BCUT2D eigenvalue weighted by molar-refractivity contribution is -0.144. The number of hydrogen-bond acceptors (Lipinski definition) is 7. The lowest BCUT2D eigenvalue weighted by Crippen LogP contribution is -2.14. The van der Waals surface area contributed by atoms with Crippen LogP contribution in [-0.4, -0.2) is 40.7 Å². The molecule has 0 aromatic heterocycles. The van der Waals surface area contributed by atoms with Crippen LogP contribution in [0.1, 0.15) is 40.1 Å². The molecule has 0 radical (unpaired) electrons. The second kappa shape index (κ2) is 9.12. The highest BCUT2D eigenvalue weighted by atomic mass is 16.6. The summed E-state index contributed by atoms with van der Waals surface area (Å²) in [5.74, 6) is 1.03. The molecule has 2 aromatic carbocycles. The van der Waals surface area contributed by atoms with Crippen molar-refractivity contribution in [2.24, 2.45) is 0 Å². The number of methoxy groups -OCH3 is 4. The largest absolute Gasteiger partial charge is 0.492 e. The quantitative estimate of drug-likeness (QED) is 0.506. The highest BCUT2D eigenvalue weighted by Gasteiger charge is 2.32. The molecular weight excluding hydrogens is 364 g/mol. The molecule has 0 fully saturated rings. The molecule has 0 aliphatic heterocycles. The third kappa shape index (κ3) is 3.88. The zero-order chi connectivity index (χ0) is 20.8. The lowest BCUT2D eigenvalue weighted by Gasteiger charge is -2.26. The third-order valence-corrected chi connectivity index (χ3v) is 4.35. The van der Waals surface area contributed by atoms with Crippen molar-refractivity contribution in [3.8, 4) is 23.0 Å². The molecule has 0 saturated heterocycles. The minimum Gasteiger partial charge on any atom is -0.492 e. The third-order valence-electron chi connectivity index (χ3n) is 4.35. The first-order valence-corrected chi connectivity index (χ1v) is 8.52. The molecule has 2 aromatic rings. The van der Waals surface area contributed by atoms with E-state index in [2.05, 4.69) is 0 Å². The summed E-state index contributed by atoms with van der Waals surface area (Å²) >= 11 is 0. The fourth-order valence-corrected chi connectivity index (χ4v) is 3.14. The predicted molar refractivity (Wildman–Crippen MR) is 103 cm³/mol. The Balaban J connectivity index is 2.83. The molecular formula is C21H24O7. The molecule has 7 heteroatoms. The Labute approximate surface area is 164 Å². The highest BCUT2D eigenvalue weighted by Crippen LogP contribution is 2.52. The smallest absolute Gasteiger partial charge is 0.303 e. The maximum absolute atomic E-state index is 11.9. The first-order chi connectivity index (χ1) is 13.4. The molecule has 0 aliphatic carbocycles. The monoisotopic (exact) mass is 388 g/mol. The second-order valence-electron chi connectivity index (χ2n) is 5.95. The summed E-state index contributed by atoms with van der Waals surface area (Å²) in [5.41, 5.74) is 2.41. The lowest BCUT2D eigenvalue weighted by atomic mass is 9.94. The molecule has 150 valence electrons. The van der Waals surface area contributed by atoms with E-state index in [0.29, 0.717) is 45.3 Å². The maximum Gasteiger partial charge on any atom is 0.303 e. The number of carbonyl (C=O) groups excluding carboxylic acids is 2. The number of rotatable bonds is 8. The van der Waals surface area contributed by atoms with Crippen molar-refractivity contribution in [2.75, 3.05) is 28.4 Å². The first-order valence-electron chi connectivity index (χ1n) is 8.52. The Morgan fingerprint density at radius 1 is 0.857 bits per heavy atom. The van der Waals surface area contributed by atoms with Crippen LogP contribution in [0.15, 0.2) is 24.3 Å². The van der Waals surface area contributed by atoms with Gasteiger partial charge in [-0.1, -0.05) is 24.3 Å². The van der Waals surface area contributed by atoms with E-state index in [1.54, 1.807) is 24.3 Å². The SMILES string of the molecule is COc1c(C)c(C(OC(C)=O)c2ccc(C=O)cc2)c(OC)c(OC)c1OC. The molecule has 1 atom stereocenters. The van der Waals surface area contributed by atoms with Gasteiger partial charge in [-0.3, -0.25) is 9.59 Å². The van der Waals surface area contributed by atoms with Crippen LogP contribution in [0, 0.1) is 6.92 Å². The molecule has 28 heavy (non-hydrogen) atoms. The van der Waals surface area contributed by atoms with Crippen LogP contribution in [0.25, 0.3) is 0 Å². The maximum atomic E-state index is 11.9. The molecule has 0 N–H and O–H groups in total. The van der Waals surface area contributed by atoms with E-state index < -0.39 is 12.1 Å². The minimum absolute atomic E-state index is 0.323. The zero-order valence-electron chi connectivity index (χ0n) is 16.8. The van der Waals surface area contributed by atoms with Gasteiger partial charge in [-0.25, -0.2) is 0 Å². The molecule has 2 rings (SSSR count). The van der Waals surface area contributed by atoms with Gasteiger partial charge in [0.1, 0.15) is 6.29 Å². The van der Waals surface area contributed by atoms with E-state index in [0.717, 1.165) is 6.29 Å². The number of esters is 1. The first kappa shape index (κ1) is 21.1. The summed E-state index contributed by atoms with van der Waals surface area (Å²) in [6.45, 7) is 3.14. The predicted octanol–water partition coefficient (Wildman–Crippen LogP) is 3.49. The van der Waals surface area contributed by atoms with Gasteiger partial charge in [0, 0.05) is 23.6 Å². The Hall–Kier alpha value is -3.22. The number of carbonyl (C=O) groups is 2. The molecule has 7 nitrogen and oxygen atoms in total. The van der Waals surface area contributed by atoms with Gasteiger partial charge in [0.15, 0.2) is 17.6 Å². The van der Waals surface area contributed by atoms with Crippen molar-refractivity contribution in [2.45, 2.75) is 20.0 Å². The fourth-order valence-electron chi connectivity index (χ4n) is 3.14. The van der Waals surface area contributed by atoms with Gasteiger partial charge >= 0.3 is 5.97 Å². The van der Waals surface area contributed by atoms with Crippen LogP contribution >= 0.6 is 0 Å². The number of ether oxygens (including phenoxy) is 5. The fraction of sp³-hybridized carbons (Fsp3) is 0.333. The topological polar surface area (TPSA) is 80.3 Å². The van der Waals surface area contributed by atoms with Gasteiger partial charge in [0.05, 0.1) is 28.4 Å². The highest BCUT2D eigenvalue weighted by molar-refractivity contribution is 5.75. The summed E-state index contributed by atoms with van der Waals surface area (Å²) in [7, 11) is 5.99. The normalized spacial score (nSPS) is 11.4. The summed E-state index contributed by atoms with van der Waals surface area (Å²) in [4.78, 5) is 22.8. The molecule has 0 heterocycles. The van der Waals surface area contributed by atoms with E-state index in [-0.39, 0.29) is 0 Å². The van der Waals surface area contributed by atoms with E-state index in [1.165, 1.54) is 35.4 Å². The van der Waals surface area contributed by atoms with Gasteiger partial charge in [-0.2, -0.15) is 0 Å². The molecule has 0 aliphatic rings. The van der Waals surface area contributed by atoms with Crippen molar-refractivity contribution in [3.63, 3.8) is 0 Å². The Bertz CT molecular complexity index is 856. The van der Waals surface area contributed by atoms with Gasteiger partial charge in [-0.15, -0.1) is 0 Å². The Kier molecular flexibility index (Phi) is 6.87. The number of benzene rings is 2. The summed E-state index contributed by atoms with van der Waals surface area (Å²) in [6, 6.07) is 6.75. The van der Waals surface area contributed by atoms with Crippen molar-refractivity contribution >= 4 is 12.3 Å². The van der Waals surface area contributed by atoms with Crippen molar-refractivity contribution in [1.82, 2.24) is 0 Å². The number of hydrogen-bond donors (Lipinski definition) is 0. The molecule has 1 unspecified atom stereocenters. The van der Waals surface area contributed by atoms with Crippen LogP contribution in [0.2, 0.25) is 0 Å². The Morgan fingerprint density at radius 3 is 1.79 bits per heavy atom. The van der Waals surface area contributed by atoms with Crippen molar-refractivity contribution in [1.29, 1.82) is 0 Å². The average molecular weight is 388 g/mol. The van der Waals surface area contributed by atoms with Gasteiger partial charge in [0.2, 0.25) is 11.5 Å². The summed E-state index contributed by atoms with van der Waals surface area (Å²) < 4.78 is 27.7. The van der Waals surface area contributed by atoms with E-state index in [4.69, 9.17) is 23.7 Å². The van der Waals surface area contributed by atoms with Crippen molar-refractivity contribution < 1.29 is 33.3 Å². The van der Waals surface area contributed by atoms with Crippen LogP contribution in [0.3, 0.4) is 0 Å². The van der Waals surface area contributed by atoms with Crippen LogP contribution in [0.4, 0.5) is 0 Å². The molecule has 0 bridgehead atoms. The Morgan fingerprint density at radius 2 is 1.36 bits per heavy atom. The zero-order valence-corrected chi connectivity index (χ0v) is 16.8. The second-order valence-corrected chi connectivity index (χ2v) is 5.95.